The Morgan fingerprint density at radius 3 is 1.53 bits per heavy atom. The first kappa shape index (κ1) is 37.3. The van der Waals surface area contributed by atoms with Gasteiger partial charge in [0.1, 0.15) is 5.82 Å². The SMILES string of the molecule is CC.CC.CC.CC1CCN(C(C)C)CC1.CC1CCNCC1.Cc1nccn1C1CCC(C)CC1. The third-order valence-corrected chi connectivity index (χ3v) is 7.42. The molecule has 2 saturated heterocycles. The zero-order valence-corrected chi connectivity index (χ0v) is 26.9. The molecule has 216 valence electrons. The number of piperidine rings is 2. The van der Waals surface area contributed by atoms with Crippen molar-refractivity contribution in [3.8, 4) is 0 Å². The van der Waals surface area contributed by atoms with Gasteiger partial charge < -0.3 is 14.8 Å². The van der Waals surface area contributed by atoms with Gasteiger partial charge in [0.15, 0.2) is 0 Å². The topological polar surface area (TPSA) is 33.1 Å². The van der Waals surface area contributed by atoms with Crippen LogP contribution in [-0.2, 0) is 0 Å². The molecule has 0 bridgehead atoms. The van der Waals surface area contributed by atoms with Crippen LogP contribution < -0.4 is 5.32 Å². The Morgan fingerprint density at radius 1 is 0.722 bits per heavy atom. The minimum absolute atomic E-state index is 0.721. The Bertz CT molecular complexity index is 546. The van der Waals surface area contributed by atoms with Gasteiger partial charge in [-0.1, -0.05) is 62.3 Å². The lowest BCUT2D eigenvalue weighted by Crippen LogP contribution is -2.37. The van der Waals surface area contributed by atoms with E-state index in [1.54, 1.807) is 0 Å². The maximum absolute atomic E-state index is 4.27. The number of aromatic nitrogens is 2. The van der Waals surface area contributed by atoms with E-state index in [-0.39, 0.29) is 0 Å². The van der Waals surface area contributed by atoms with Crippen LogP contribution in [0.25, 0.3) is 0 Å². The summed E-state index contributed by atoms with van der Waals surface area (Å²) in [5.41, 5.74) is 0. The summed E-state index contributed by atoms with van der Waals surface area (Å²) in [6.07, 6.45) is 15.0. The fourth-order valence-electron chi connectivity index (χ4n) is 4.81. The lowest BCUT2D eigenvalue weighted by atomic mass is 9.87. The number of nitrogens with zero attached hydrogens (tertiary/aromatic N) is 3. The summed E-state index contributed by atoms with van der Waals surface area (Å²) >= 11 is 0. The van der Waals surface area contributed by atoms with E-state index in [2.05, 4.69) is 67.5 Å². The van der Waals surface area contributed by atoms with Gasteiger partial charge in [0.2, 0.25) is 0 Å². The van der Waals surface area contributed by atoms with Crippen LogP contribution in [0, 0.1) is 24.7 Å². The number of rotatable bonds is 2. The van der Waals surface area contributed by atoms with Crippen LogP contribution in [0.2, 0.25) is 0 Å². The summed E-state index contributed by atoms with van der Waals surface area (Å²) < 4.78 is 2.34. The van der Waals surface area contributed by atoms with Gasteiger partial charge in [-0.2, -0.15) is 0 Å². The van der Waals surface area contributed by atoms with E-state index in [4.69, 9.17) is 0 Å². The van der Waals surface area contributed by atoms with Crippen molar-refractivity contribution < 1.29 is 0 Å². The van der Waals surface area contributed by atoms with Crippen molar-refractivity contribution in [1.29, 1.82) is 0 Å². The van der Waals surface area contributed by atoms with Crippen LogP contribution >= 0.6 is 0 Å². The van der Waals surface area contributed by atoms with Crippen LogP contribution in [-0.4, -0.2) is 46.7 Å². The second-order valence-electron chi connectivity index (χ2n) is 10.5. The van der Waals surface area contributed by atoms with E-state index in [9.17, 15) is 0 Å². The molecule has 0 amide bonds. The number of hydrogen-bond acceptors (Lipinski definition) is 3. The number of aryl methyl sites for hydroxylation is 1. The Labute approximate surface area is 228 Å². The summed E-state index contributed by atoms with van der Waals surface area (Å²) in [7, 11) is 0. The van der Waals surface area contributed by atoms with E-state index < -0.39 is 0 Å². The maximum Gasteiger partial charge on any atom is 0.105 e. The molecule has 1 aromatic rings. The molecular formula is C32H68N4. The van der Waals surface area contributed by atoms with Crippen LogP contribution in [0.15, 0.2) is 12.4 Å². The van der Waals surface area contributed by atoms with Crippen molar-refractivity contribution in [3.05, 3.63) is 18.2 Å². The van der Waals surface area contributed by atoms with Gasteiger partial charge >= 0.3 is 0 Å². The zero-order valence-electron chi connectivity index (χ0n) is 26.9. The van der Waals surface area contributed by atoms with E-state index >= 15 is 0 Å². The lowest BCUT2D eigenvalue weighted by molar-refractivity contribution is 0.156. The second-order valence-corrected chi connectivity index (χ2v) is 10.5. The molecular weight excluding hydrogens is 440 g/mol. The van der Waals surface area contributed by atoms with E-state index in [1.807, 2.05) is 47.7 Å². The predicted molar refractivity (Wildman–Crippen MR) is 164 cm³/mol. The highest BCUT2D eigenvalue weighted by molar-refractivity contribution is 4.93. The molecule has 4 nitrogen and oxygen atoms in total. The van der Waals surface area contributed by atoms with Crippen molar-refractivity contribution in [2.75, 3.05) is 26.2 Å². The van der Waals surface area contributed by atoms with E-state index in [0.717, 1.165) is 29.8 Å². The van der Waals surface area contributed by atoms with Crippen molar-refractivity contribution in [2.24, 2.45) is 17.8 Å². The predicted octanol–water partition coefficient (Wildman–Crippen LogP) is 9.15. The highest BCUT2D eigenvalue weighted by Crippen LogP contribution is 2.32. The van der Waals surface area contributed by atoms with Crippen molar-refractivity contribution >= 4 is 0 Å². The highest BCUT2D eigenvalue weighted by atomic mass is 15.1. The number of hydrogen-bond donors (Lipinski definition) is 1. The molecule has 36 heavy (non-hydrogen) atoms. The summed E-state index contributed by atoms with van der Waals surface area (Å²) in [5.74, 6) is 4.04. The molecule has 1 aliphatic carbocycles. The molecule has 4 rings (SSSR count). The highest BCUT2D eigenvalue weighted by Gasteiger charge is 2.20. The normalized spacial score (nSPS) is 22.6. The van der Waals surface area contributed by atoms with Crippen molar-refractivity contribution in [2.45, 2.75) is 147 Å². The van der Waals surface area contributed by atoms with Gasteiger partial charge in [0.25, 0.3) is 0 Å². The summed E-state index contributed by atoms with van der Waals surface area (Å²) in [4.78, 5) is 6.84. The fourth-order valence-corrected chi connectivity index (χ4v) is 4.81. The first-order chi connectivity index (χ1) is 17.4. The second kappa shape index (κ2) is 24.5. The van der Waals surface area contributed by atoms with Gasteiger partial charge in [-0.25, -0.2) is 4.98 Å². The Hall–Kier alpha value is -0.870. The van der Waals surface area contributed by atoms with Crippen molar-refractivity contribution in [3.63, 3.8) is 0 Å². The minimum atomic E-state index is 0.721. The maximum atomic E-state index is 4.27. The molecule has 0 spiro atoms. The number of imidazole rings is 1. The molecule has 2 aliphatic heterocycles. The zero-order chi connectivity index (χ0) is 27.9. The third-order valence-electron chi connectivity index (χ3n) is 7.42. The average Bonchev–Trinajstić information content (AvgIpc) is 3.35. The van der Waals surface area contributed by atoms with E-state index in [1.165, 1.54) is 83.4 Å². The third kappa shape index (κ3) is 16.8. The minimum Gasteiger partial charge on any atom is -0.332 e. The molecule has 0 unspecified atom stereocenters. The Morgan fingerprint density at radius 2 is 1.17 bits per heavy atom. The average molecular weight is 509 g/mol. The van der Waals surface area contributed by atoms with E-state index in [0.29, 0.717) is 0 Å². The Kier molecular flexibility index (Phi) is 25.3. The number of nitrogens with one attached hydrogen (secondary N) is 1. The van der Waals surface area contributed by atoms with Crippen molar-refractivity contribution in [1.82, 2.24) is 19.8 Å². The standard InChI is InChI=1S/C11H18N2.C9H19N.C6H13N.3C2H6/c1-9-3-5-11(6-4-9)13-8-7-12-10(13)2;1-8(2)10-6-4-9(3)5-7-10;1-6-2-4-7-5-3-6;3*1-2/h7-9,11H,3-6H2,1-2H3;8-9H,4-7H2,1-3H3;6-7H,2-5H2,1H3;3*1-2H3. The van der Waals surface area contributed by atoms with Crippen LogP contribution in [0.4, 0.5) is 0 Å². The summed E-state index contributed by atoms with van der Waals surface area (Å²) in [5, 5.41) is 3.32. The van der Waals surface area contributed by atoms with Crippen LogP contribution in [0.1, 0.15) is 139 Å². The summed E-state index contributed by atoms with van der Waals surface area (Å²) in [6, 6.07) is 1.48. The van der Waals surface area contributed by atoms with Crippen LogP contribution in [0.5, 0.6) is 0 Å². The lowest BCUT2D eigenvalue weighted by Gasteiger charge is -2.33. The molecule has 0 atom stereocenters. The largest absolute Gasteiger partial charge is 0.332 e. The van der Waals surface area contributed by atoms with Gasteiger partial charge in [0.05, 0.1) is 0 Å². The smallest absolute Gasteiger partial charge is 0.105 e. The monoisotopic (exact) mass is 509 g/mol. The molecule has 3 aliphatic rings. The van der Waals surface area contributed by atoms with Gasteiger partial charge in [-0.15, -0.1) is 0 Å². The first-order valence-corrected chi connectivity index (χ1v) is 15.8. The molecule has 0 radical (unpaired) electrons. The Balaban J connectivity index is 0. The van der Waals surface area contributed by atoms with Crippen LogP contribution in [0.3, 0.4) is 0 Å². The molecule has 3 fully saturated rings. The fraction of sp³-hybridized carbons (Fsp3) is 0.906. The molecule has 1 N–H and O–H groups in total. The molecule has 1 aromatic heterocycles. The quantitative estimate of drug-likeness (QED) is 0.432. The summed E-state index contributed by atoms with van der Waals surface area (Å²) in [6.45, 7) is 30.8. The molecule has 3 heterocycles. The van der Waals surface area contributed by atoms with Gasteiger partial charge in [-0.3, -0.25) is 0 Å². The molecule has 0 aromatic carbocycles. The molecule has 4 heteroatoms. The number of likely N-dealkylation sites (tertiary alicyclic amines) is 1. The first-order valence-electron chi connectivity index (χ1n) is 15.8. The molecule has 1 saturated carbocycles. The van der Waals surface area contributed by atoms with Gasteiger partial charge in [0, 0.05) is 24.5 Å². The van der Waals surface area contributed by atoms with Gasteiger partial charge in [-0.05, 0) is 116 Å².